The molecule has 2 heterocycles. The summed E-state index contributed by atoms with van der Waals surface area (Å²) in [7, 11) is 1.67. The van der Waals surface area contributed by atoms with Crippen LogP contribution in [-0.4, -0.2) is 40.0 Å². The third-order valence-electron chi connectivity index (χ3n) is 3.14. The fourth-order valence-corrected chi connectivity index (χ4v) is 3.61. The van der Waals surface area contributed by atoms with Gasteiger partial charge >= 0.3 is 0 Å². The monoisotopic (exact) mass is 326 g/mol. The van der Waals surface area contributed by atoms with E-state index in [2.05, 4.69) is 14.8 Å². The van der Waals surface area contributed by atoms with Crippen molar-refractivity contribution in [2.75, 3.05) is 25.2 Å². The predicted molar refractivity (Wildman–Crippen MR) is 85.2 cm³/mol. The van der Waals surface area contributed by atoms with Crippen molar-refractivity contribution in [2.24, 2.45) is 0 Å². The maximum absolute atomic E-state index is 12.3. The molecule has 2 aromatic heterocycles. The topological polar surface area (TPSA) is 83.0 Å². The lowest BCUT2D eigenvalue weighted by molar-refractivity contribution is 0.102. The lowest BCUT2D eigenvalue weighted by Crippen LogP contribution is -2.09. The van der Waals surface area contributed by atoms with E-state index in [1.807, 2.05) is 19.9 Å². The summed E-state index contributed by atoms with van der Waals surface area (Å²) in [5.41, 5.74) is 8.33. The van der Waals surface area contributed by atoms with Crippen molar-refractivity contribution in [3.05, 3.63) is 23.0 Å². The molecule has 8 heteroatoms. The van der Waals surface area contributed by atoms with Crippen molar-refractivity contribution in [2.45, 2.75) is 24.7 Å². The van der Waals surface area contributed by atoms with E-state index in [4.69, 9.17) is 10.5 Å². The highest BCUT2D eigenvalue weighted by atomic mass is 32.2. The quantitative estimate of drug-likeness (QED) is 0.620. The number of anilines is 1. The first-order valence-electron chi connectivity index (χ1n) is 6.43. The van der Waals surface area contributed by atoms with Gasteiger partial charge in [0.15, 0.2) is 10.1 Å². The van der Waals surface area contributed by atoms with Gasteiger partial charge in [-0.3, -0.25) is 4.79 Å². The Hall–Kier alpha value is -1.38. The highest BCUT2D eigenvalue weighted by molar-refractivity contribution is 8.01. The molecule has 0 saturated carbocycles. The highest BCUT2D eigenvalue weighted by Gasteiger charge is 2.16. The second-order valence-corrected chi connectivity index (χ2v) is 6.78. The number of ether oxygens (including phenoxy) is 1. The molecule has 2 N–H and O–H groups in total. The van der Waals surface area contributed by atoms with Crippen molar-refractivity contribution in [3.63, 3.8) is 0 Å². The summed E-state index contributed by atoms with van der Waals surface area (Å²) < 4.78 is 7.92. The Morgan fingerprint density at radius 2 is 2.24 bits per heavy atom. The van der Waals surface area contributed by atoms with Gasteiger partial charge in [-0.1, -0.05) is 23.1 Å². The van der Waals surface area contributed by atoms with Gasteiger partial charge in [0.2, 0.25) is 5.13 Å². The van der Waals surface area contributed by atoms with Gasteiger partial charge in [0.25, 0.3) is 0 Å². The number of methoxy groups -OCH3 is 1. The number of hydrogen-bond acceptors (Lipinski definition) is 7. The van der Waals surface area contributed by atoms with E-state index < -0.39 is 0 Å². The van der Waals surface area contributed by atoms with Gasteiger partial charge < -0.3 is 15.0 Å². The summed E-state index contributed by atoms with van der Waals surface area (Å²) in [6, 6.07) is 1.93. The summed E-state index contributed by atoms with van der Waals surface area (Å²) in [6.07, 6.45) is 0. The number of hydrogen-bond donors (Lipinski definition) is 1. The molecule has 0 spiro atoms. The van der Waals surface area contributed by atoms with Crippen molar-refractivity contribution >= 4 is 34.0 Å². The Morgan fingerprint density at radius 1 is 1.48 bits per heavy atom. The van der Waals surface area contributed by atoms with Gasteiger partial charge in [0, 0.05) is 30.6 Å². The van der Waals surface area contributed by atoms with E-state index >= 15 is 0 Å². The van der Waals surface area contributed by atoms with E-state index in [1.165, 1.54) is 23.1 Å². The van der Waals surface area contributed by atoms with E-state index in [9.17, 15) is 4.79 Å². The third kappa shape index (κ3) is 3.84. The van der Waals surface area contributed by atoms with Gasteiger partial charge in [0.05, 0.1) is 12.4 Å². The highest BCUT2D eigenvalue weighted by Crippen LogP contribution is 2.25. The van der Waals surface area contributed by atoms with Crippen LogP contribution < -0.4 is 5.73 Å². The Bertz CT molecular complexity index is 636. The first kappa shape index (κ1) is 16.0. The fourth-order valence-electron chi connectivity index (χ4n) is 2.09. The first-order chi connectivity index (χ1) is 10.0. The van der Waals surface area contributed by atoms with Crippen molar-refractivity contribution in [1.82, 2.24) is 14.8 Å². The summed E-state index contributed by atoms with van der Waals surface area (Å²) in [4.78, 5) is 12.3. The number of rotatable bonds is 7. The number of aromatic nitrogens is 3. The molecule has 0 aliphatic rings. The summed E-state index contributed by atoms with van der Waals surface area (Å²) in [5.74, 6) is 0.425. The van der Waals surface area contributed by atoms with Crippen LogP contribution in [0, 0.1) is 13.8 Å². The zero-order chi connectivity index (χ0) is 15.4. The third-order valence-corrected chi connectivity index (χ3v) is 5.03. The molecule has 0 aliphatic heterocycles. The Balaban J connectivity index is 2.05. The predicted octanol–water partition coefficient (Wildman–Crippen LogP) is 2.16. The van der Waals surface area contributed by atoms with E-state index in [-0.39, 0.29) is 5.78 Å². The van der Waals surface area contributed by atoms with E-state index in [1.54, 1.807) is 7.11 Å². The van der Waals surface area contributed by atoms with Crippen LogP contribution in [0.3, 0.4) is 0 Å². The molecule has 0 fully saturated rings. The van der Waals surface area contributed by atoms with Crippen LogP contribution in [0.1, 0.15) is 21.7 Å². The number of aryl methyl sites for hydroxylation is 1. The molecule has 0 aromatic carbocycles. The Kier molecular flexibility index (Phi) is 5.38. The van der Waals surface area contributed by atoms with Crippen LogP contribution >= 0.6 is 23.1 Å². The van der Waals surface area contributed by atoms with Crippen LogP contribution in [0.2, 0.25) is 0 Å². The lowest BCUT2D eigenvalue weighted by atomic mass is 10.2. The molecule has 0 amide bonds. The normalized spacial score (nSPS) is 11.0. The molecule has 0 aliphatic carbocycles. The van der Waals surface area contributed by atoms with Crippen molar-refractivity contribution in [1.29, 1.82) is 0 Å². The Labute approximate surface area is 131 Å². The van der Waals surface area contributed by atoms with Crippen LogP contribution in [0.15, 0.2) is 10.4 Å². The minimum Gasteiger partial charge on any atom is -0.383 e. The second kappa shape index (κ2) is 7.06. The van der Waals surface area contributed by atoms with Crippen molar-refractivity contribution in [3.8, 4) is 0 Å². The lowest BCUT2D eigenvalue weighted by Gasteiger charge is -2.08. The van der Waals surface area contributed by atoms with E-state index in [0.717, 1.165) is 23.5 Å². The maximum Gasteiger partial charge on any atom is 0.203 e. The summed E-state index contributed by atoms with van der Waals surface area (Å²) in [5, 5.41) is 8.05. The number of nitrogens with two attached hydrogens (primary N) is 1. The SMILES string of the molecule is COCCn1c(C)cc(C(=O)CSc2nnc(N)s2)c1C. The molecule has 0 unspecified atom stereocenters. The second-order valence-electron chi connectivity index (χ2n) is 4.55. The molecule has 114 valence electrons. The molecule has 6 nitrogen and oxygen atoms in total. The number of nitrogen functional groups attached to an aromatic ring is 1. The van der Waals surface area contributed by atoms with Crippen molar-refractivity contribution < 1.29 is 9.53 Å². The van der Waals surface area contributed by atoms with Gasteiger partial charge in [-0.05, 0) is 19.9 Å². The van der Waals surface area contributed by atoms with Gasteiger partial charge in [-0.15, -0.1) is 10.2 Å². The number of carbonyl (C=O) groups excluding carboxylic acids is 1. The standard InChI is InChI=1S/C13H18N4O2S2/c1-8-6-10(9(2)17(8)4-5-19-3)11(18)7-20-13-16-15-12(14)21-13/h6H,4-5,7H2,1-3H3,(H2,14,15). The zero-order valence-electron chi connectivity index (χ0n) is 12.3. The molecular formula is C13H18N4O2S2. The molecule has 2 aromatic rings. The molecule has 0 saturated heterocycles. The number of thioether (sulfide) groups is 1. The van der Waals surface area contributed by atoms with Gasteiger partial charge in [0.1, 0.15) is 0 Å². The molecule has 0 atom stereocenters. The molecule has 0 bridgehead atoms. The van der Waals surface area contributed by atoms with E-state index in [0.29, 0.717) is 21.8 Å². The average Bonchev–Trinajstić information content (AvgIpc) is 2.99. The molecular weight excluding hydrogens is 308 g/mol. The zero-order valence-corrected chi connectivity index (χ0v) is 13.9. The molecule has 2 rings (SSSR count). The maximum atomic E-state index is 12.3. The van der Waals surface area contributed by atoms with Crippen LogP contribution in [0.4, 0.5) is 5.13 Å². The largest absolute Gasteiger partial charge is 0.383 e. The van der Waals surface area contributed by atoms with Crippen LogP contribution in [0.5, 0.6) is 0 Å². The minimum atomic E-state index is 0.0885. The summed E-state index contributed by atoms with van der Waals surface area (Å²) in [6.45, 7) is 5.34. The van der Waals surface area contributed by atoms with Gasteiger partial charge in [-0.2, -0.15) is 0 Å². The fraction of sp³-hybridized carbons (Fsp3) is 0.462. The van der Waals surface area contributed by atoms with Gasteiger partial charge in [-0.25, -0.2) is 0 Å². The number of ketones is 1. The summed E-state index contributed by atoms with van der Waals surface area (Å²) >= 11 is 2.66. The number of nitrogens with zero attached hydrogens (tertiary/aromatic N) is 3. The first-order valence-corrected chi connectivity index (χ1v) is 8.23. The average molecular weight is 326 g/mol. The minimum absolute atomic E-state index is 0.0885. The molecule has 0 radical (unpaired) electrons. The molecule has 21 heavy (non-hydrogen) atoms. The number of Topliss-reactive ketones (excluding diaryl/α,β-unsaturated/α-hetero) is 1. The van der Waals surface area contributed by atoms with Crippen LogP contribution in [0.25, 0.3) is 0 Å². The number of carbonyl (C=O) groups is 1. The smallest absolute Gasteiger partial charge is 0.203 e. The van der Waals surface area contributed by atoms with Crippen LogP contribution in [-0.2, 0) is 11.3 Å². The Morgan fingerprint density at radius 3 is 2.86 bits per heavy atom.